The summed E-state index contributed by atoms with van der Waals surface area (Å²) in [4.78, 5) is 0.237. The van der Waals surface area contributed by atoms with Crippen molar-refractivity contribution in [3.63, 3.8) is 0 Å². The van der Waals surface area contributed by atoms with Gasteiger partial charge in [-0.25, -0.2) is 8.42 Å². The third-order valence-corrected chi connectivity index (χ3v) is 4.96. The quantitative estimate of drug-likeness (QED) is 0.809. The van der Waals surface area contributed by atoms with Crippen LogP contribution in [0.5, 0.6) is 0 Å². The number of nitrogens with one attached hydrogen (secondary N) is 1. The van der Waals surface area contributed by atoms with E-state index in [1.54, 1.807) is 18.2 Å². The van der Waals surface area contributed by atoms with Crippen LogP contribution >= 0.6 is 12.2 Å². The van der Waals surface area contributed by atoms with Crippen LogP contribution in [0.4, 0.5) is 5.69 Å². The molecule has 0 saturated carbocycles. The van der Waals surface area contributed by atoms with E-state index in [0.29, 0.717) is 18.8 Å². The molecule has 0 bridgehead atoms. The van der Waals surface area contributed by atoms with Gasteiger partial charge in [-0.2, -0.15) is 4.31 Å². The maximum absolute atomic E-state index is 12.4. The molecule has 0 aromatic heterocycles. The molecule has 0 aliphatic rings. The number of hydrogen-bond donors (Lipinski definition) is 2. The Kier molecular flexibility index (Phi) is 5.28. The number of benzene rings is 1. The fraction of sp³-hybridized carbons (Fsp3) is 0.417. The third-order valence-electron chi connectivity index (χ3n) is 2.81. The van der Waals surface area contributed by atoms with Crippen LogP contribution in [0.15, 0.2) is 23.1 Å². The molecule has 0 amide bonds. The Balaban J connectivity index is 3.25. The minimum absolute atomic E-state index is 0.112. The van der Waals surface area contributed by atoms with Gasteiger partial charge in [0.05, 0.1) is 4.90 Å². The first kappa shape index (κ1) is 15.9. The molecule has 0 spiro atoms. The monoisotopic (exact) mass is 301 g/mol. The Bertz CT molecular complexity index is 566. The standard InChI is InChI=1S/C12H19N3O2S2/c1-4-15(5-2)19(16,17)10-7-6-9(3)11(8-10)14-12(13)18/h6-8H,4-5H2,1-3H3,(H3,13,14,18). The number of nitrogens with two attached hydrogens (primary N) is 1. The van der Waals surface area contributed by atoms with E-state index >= 15 is 0 Å². The molecular weight excluding hydrogens is 282 g/mol. The number of hydrogen-bond acceptors (Lipinski definition) is 3. The first-order valence-corrected chi connectivity index (χ1v) is 7.85. The highest BCUT2D eigenvalue weighted by Gasteiger charge is 2.22. The van der Waals surface area contributed by atoms with Crippen LogP contribution < -0.4 is 11.1 Å². The molecule has 0 fully saturated rings. The Morgan fingerprint density at radius 1 is 1.37 bits per heavy atom. The van der Waals surface area contributed by atoms with Crippen LogP contribution in [0.3, 0.4) is 0 Å². The number of aryl methyl sites for hydroxylation is 1. The van der Waals surface area contributed by atoms with Gasteiger partial charge in [-0.05, 0) is 36.8 Å². The zero-order chi connectivity index (χ0) is 14.6. The van der Waals surface area contributed by atoms with Crippen molar-refractivity contribution in [2.45, 2.75) is 25.7 Å². The number of anilines is 1. The molecule has 0 aliphatic heterocycles. The summed E-state index contributed by atoms with van der Waals surface area (Å²) in [5, 5.41) is 2.90. The molecule has 106 valence electrons. The van der Waals surface area contributed by atoms with Gasteiger partial charge in [0.1, 0.15) is 0 Å². The second-order valence-corrected chi connectivity index (χ2v) is 6.43. The Hall–Kier alpha value is -1.18. The lowest BCUT2D eigenvalue weighted by Gasteiger charge is -2.19. The van der Waals surface area contributed by atoms with Crippen LogP contribution in [0.2, 0.25) is 0 Å². The topological polar surface area (TPSA) is 75.4 Å². The highest BCUT2D eigenvalue weighted by molar-refractivity contribution is 7.89. The molecule has 1 aromatic rings. The number of thiocarbonyl (C=S) groups is 1. The van der Waals surface area contributed by atoms with Crippen molar-refractivity contribution < 1.29 is 8.42 Å². The van der Waals surface area contributed by atoms with E-state index in [-0.39, 0.29) is 10.0 Å². The summed E-state index contributed by atoms with van der Waals surface area (Å²) in [6, 6.07) is 4.88. The van der Waals surface area contributed by atoms with Gasteiger partial charge < -0.3 is 11.1 Å². The maximum Gasteiger partial charge on any atom is 0.243 e. The maximum atomic E-state index is 12.4. The van der Waals surface area contributed by atoms with E-state index in [9.17, 15) is 8.42 Å². The summed E-state index contributed by atoms with van der Waals surface area (Å²) in [5.41, 5.74) is 6.92. The number of rotatable bonds is 5. The molecule has 0 saturated heterocycles. The van der Waals surface area contributed by atoms with Crippen molar-refractivity contribution in [2.75, 3.05) is 18.4 Å². The van der Waals surface area contributed by atoms with Crippen molar-refractivity contribution in [2.24, 2.45) is 5.73 Å². The third kappa shape index (κ3) is 3.65. The largest absolute Gasteiger partial charge is 0.376 e. The highest BCUT2D eigenvalue weighted by atomic mass is 32.2. The number of nitrogens with zero attached hydrogens (tertiary/aromatic N) is 1. The Morgan fingerprint density at radius 2 is 1.95 bits per heavy atom. The van der Waals surface area contributed by atoms with Crippen LogP contribution in [0, 0.1) is 6.92 Å². The molecule has 0 unspecified atom stereocenters. The van der Waals surface area contributed by atoms with E-state index in [4.69, 9.17) is 18.0 Å². The molecule has 7 heteroatoms. The summed E-state index contributed by atoms with van der Waals surface area (Å²) in [7, 11) is -3.47. The molecular formula is C12H19N3O2S2. The van der Waals surface area contributed by atoms with Crippen molar-refractivity contribution in [3.05, 3.63) is 23.8 Å². The predicted octanol–water partition coefficient (Wildman–Crippen LogP) is 1.68. The van der Waals surface area contributed by atoms with Gasteiger partial charge in [-0.1, -0.05) is 19.9 Å². The van der Waals surface area contributed by atoms with E-state index in [2.05, 4.69) is 5.32 Å². The van der Waals surface area contributed by atoms with Gasteiger partial charge in [0.2, 0.25) is 10.0 Å². The zero-order valence-corrected chi connectivity index (χ0v) is 12.9. The van der Waals surface area contributed by atoms with Crippen LogP contribution in [-0.4, -0.2) is 30.9 Å². The molecule has 3 N–H and O–H groups in total. The van der Waals surface area contributed by atoms with E-state index < -0.39 is 10.0 Å². The molecule has 0 heterocycles. The summed E-state index contributed by atoms with van der Waals surface area (Å²) in [6.07, 6.45) is 0. The summed E-state index contributed by atoms with van der Waals surface area (Å²) < 4.78 is 26.2. The molecule has 1 aromatic carbocycles. The van der Waals surface area contributed by atoms with E-state index in [1.165, 1.54) is 4.31 Å². The highest BCUT2D eigenvalue weighted by Crippen LogP contribution is 2.22. The lowest BCUT2D eigenvalue weighted by molar-refractivity contribution is 0.445. The summed E-state index contributed by atoms with van der Waals surface area (Å²) >= 11 is 4.78. The normalized spacial score (nSPS) is 11.6. The Labute approximate surface area is 119 Å². The van der Waals surface area contributed by atoms with Gasteiger partial charge in [0.25, 0.3) is 0 Å². The van der Waals surface area contributed by atoms with Crippen molar-refractivity contribution in [3.8, 4) is 0 Å². The smallest absolute Gasteiger partial charge is 0.243 e. The molecule has 5 nitrogen and oxygen atoms in total. The summed E-state index contributed by atoms with van der Waals surface area (Å²) in [6.45, 7) is 6.34. The molecule has 0 aliphatic carbocycles. The van der Waals surface area contributed by atoms with Crippen LogP contribution in [-0.2, 0) is 10.0 Å². The second-order valence-electron chi connectivity index (χ2n) is 4.06. The molecule has 0 radical (unpaired) electrons. The van der Waals surface area contributed by atoms with Crippen molar-refractivity contribution in [1.29, 1.82) is 0 Å². The molecule has 0 atom stereocenters. The molecule has 19 heavy (non-hydrogen) atoms. The Morgan fingerprint density at radius 3 is 2.42 bits per heavy atom. The first-order valence-electron chi connectivity index (χ1n) is 6.00. The SMILES string of the molecule is CCN(CC)S(=O)(=O)c1ccc(C)c(NC(N)=S)c1. The summed E-state index contributed by atoms with van der Waals surface area (Å²) in [5.74, 6) is 0. The van der Waals surface area contributed by atoms with Gasteiger partial charge in [0, 0.05) is 18.8 Å². The van der Waals surface area contributed by atoms with Crippen molar-refractivity contribution in [1.82, 2.24) is 4.31 Å². The molecule has 1 rings (SSSR count). The lowest BCUT2D eigenvalue weighted by Crippen LogP contribution is -2.30. The predicted molar refractivity (Wildman–Crippen MR) is 81.7 cm³/mol. The fourth-order valence-corrected chi connectivity index (χ4v) is 3.34. The zero-order valence-electron chi connectivity index (χ0n) is 11.3. The van der Waals surface area contributed by atoms with E-state index in [0.717, 1.165) is 5.56 Å². The lowest BCUT2D eigenvalue weighted by atomic mass is 10.2. The average molecular weight is 301 g/mol. The van der Waals surface area contributed by atoms with E-state index in [1.807, 2.05) is 20.8 Å². The minimum atomic E-state index is -3.47. The van der Waals surface area contributed by atoms with Crippen molar-refractivity contribution >= 4 is 33.0 Å². The van der Waals surface area contributed by atoms with Gasteiger partial charge in [-0.3, -0.25) is 0 Å². The first-order chi connectivity index (χ1) is 8.82. The number of sulfonamides is 1. The van der Waals surface area contributed by atoms with Gasteiger partial charge >= 0.3 is 0 Å². The van der Waals surface area contributed by atoms with Crippen LogP contribution in [0.25, 0.3) is 0 Å². The van der Waals surface area contributed by atoms with Gasteiger partial charge in [0.15, 0.2) is 5.11 Å². The van der Waals surface area contributed by atoms with Gasteiger partial charge in [-0.15, -0.1) is 0 Å². The fourth-order valence-electron chi connectivity index (χ4n) is 1.74. The van der Waals surface area contributed by atoms with Crippen LogP contribution in [0.1, 0.15) is 19.4 Å². The minimum Gasteiger partial charge on any atom is -0.376 e. The average Bonchev–Trinajstić information content (AvgIpc) is 2.32. The second kappa shape index (κ2) is 6.31.